The molecule has 0 saturated heterocycles. The summed E-state index contributed by atoms with van der Waals surface area (Å²) in [6.45, 7) is 1.79. The first kappa shape index (κ1) is 15.7. The third-order valence-electron chi connectivity index (χ3n) is 3.34. The van der Waals surface area contributed by atoms with Crippen LogP contribution in [0.5, 0.6) is 0 Å². The van der Waals surface area contributed by atoms with Gasteiger partial charge in [-0.2, -0.15) is 4.72 Å². The minimum absolute atomic E-state index is 0.0496. The summed E-state index contributed by atoms with van der Waals surface area (Å²) in [6.07, 6.45) is 0. The van der Waals surface area contributed by atoms with E-state index in [1.54, 1.807) is 31.2 Å². The van der Waals surface area contributed by atoms with Crippen LogP contribution in [-0.2, 0) is 25.1 Å². The zero-order valence-corrected chi connectivity index (χ0v) is 13.8. The molecule has 2 aromatic rings. The first-order chi connectivity index (χ1) is 11.0. The molecule has 3 rings (SSSR count). The number of nitrogens with one attached hydrogen (secondary N) is 1. The van der Waals surface area contributed by atoms with Crippen LogP contribution in [0.2, 0.25) is 0 Å². The van der Waals surface area contributed by atoms with Gasteiger partial charge in [-0.1, -0.05) is 36.1 Å². The fraction of sp³-hybridized carbons (Fsp3) is 0.188. The summed E-state index contributed by atoms with van der Waals surface area (Å²) in [5.74, 6) is 4.93. The van der Waals surface area contributed by atoms with Gasteiger partial charge in [0, 0.05) is 5.56 Å². The van der Waals surface area contributed by atoms with Gasteiger partial charge in [0.05, 0.1) is 16.4 Å². The molecule has 1 aliphatic heterocycles. The first-order valence-electron chi connectivity index (χ1n) is 6.87. The highest BCUT2D eigenvalue weighted by Gasteiger charge is 2.52. The average Bonchev–Trinajstić information content (AvgIpc) is 3.12. The Balaban J connectivity index is 2.21. The highest BCUT2D eigenvalue weighted by atomic mass is 32.2. The zero-order valence-electron chi connectivity index (χ0n) is 12.2. The van der Waals surface area contributed by atoms with Crippen molar-refractivity contribution in [3.05, 3.63) is 52.2 Å². The zero-order chi connectivity index (χ0) is 16.5. The van der Waals surface area contributed by atoms with Crippen molar-refractivity contribution < 1.29 is 17.9 Å². The van der Waals surface area contributed by atoms with Crippen molar-refractivity contribution in [3.63, 3.8) is 0 Å². The van der Waals surface area contributed by atoms with Gasteiger partial charge in [0.15, 0.2) is 0 Å². The Morgan fingerprint density at radius 1 is 1.30 bits per heavy atom. The van der Waals surface area contributed by atoms with Crippen LogP contribution in [-0.4, -0.2) is 21.0 Å². The highest BCUT2D eigenvalue weighted by molar-refractivity contribution is 7.90. The van der Waals surface area contributed by atoms with Crippen LogP contribution in [0.3, 0.4) is 0 Å². The summed E-state index contributed by atoms with van der Waals surface area (Å²) >= 11 is 1.41. The number of rotatable bonds is 2. The normalized spacial score (nSPS) is 21.1. The maximum absolute atomic E-state index is 12.5. The number of benzene rings is 1. The van der Waals surface area contributed by atoms with E-state index in [0.29, 0.717) is 5.56 Å². The molecule has 0 radical (unpaired) electrons. The maximum atomic E-state index is 12.5. The fourth-order valence-corrected chi connectivity index (χ4v) is 4.46. The summed E-state index contributed by atoms with van der Waals surface area (Å²) in [6, 6.07) is 9.93. The number of hydrogen-bond acceptors (Lipinski definition) is 5. The van der Waals surface area contributed by atoms with E-state index in [-0.39, 0.29) is 11.5 Å². The van der Waals surface area contributed by atoms with Crippen LogP contribution >= 0.6 is 11.3 Å². The number of hydrogen-bond donors (Lipinski definition) is 1. The molecule has 0 aliphatic carbocycles. The number of carbonyl (C=O) groups is 1. The van der Waals surface area contributed by atoms with Crippen molar-refractivity contribution in [3.8, 4) is 11.8 Å². The number of carbonyl (C=O) groups excluding carboxylic acids is 1. The Morgan fingerprint density at radius 3 is 2.78 bits per heavy atom. The number of ether oxygens (including phenoxy) is 1. The van der Waals surface area contributed by atoms with Gasteiger partial charge in [-0.15, -0.1) is 11.3 Å². The third-order valence-corrected chi connectivity index (χ3v) is 5.64. The van der Waals surface area contributed by atoms with Gasteiger partial charge in [-0.25, -0.2) is 13.2 Å². The molecule has 1 aromatic heterocycles. The number of esters is 1. The van der Waals surface area contributed by atoms with Gasteiger partial charge in [0.1, 0.15) is 0 Å². The maximum Gasteiger partial charge on any atom is 0.344 e. The summed E-state index contributed by atoms with van der Waals surface area (Å²) in [7, 11) is -3.82. The van der Waals surface area contributed by atoms with E-state index in [4.69, 9.17) is 4.74 Å². The lowest BCUT2D eigenvalue weighted by molar-refractivity contribution is -0.148. The molecule has 0 bridgehead atoms. The minimum atomic E-state index is -3.82. The van der Waals surface area contributed by atoms with Crippen LogP contribution in [0, 0.1) is 11.8 Å². The lowest BCUT2D eigenvalue weighted by Crippen LogP contribution is -2.46. The van der Waals surface area contributed by atoms with Crippen LogP contribution in [0.25, 0.3) is 0 Å². The van der Waals surface area contributed by atoms with Crippen molar-refractivity contribution in [1.82, 2.24) is 4.72 Å². The number of thiophene rings is 1. The van der Waals surface area contributed by atoms with Gasteiger partial charge < -0.3 is 4.74 Å². The van der Waals surface area contributed by atoms with Gasteiger partial charge in [-0.3, -0.25) is 0 Å². The molecule has 0 unspecified atom stereocenters. The van der Waals surface area contributed by atoms with Crippen LogP contribution in [0.4, 0.5) is 0 Å². The molecule has 0 spiro atoms. The topological polar surface area (TPSA) is 72.5 Å². The van der Waals surface area contributed by atoms with Crippen molar-refractivity contribution in [2.24, 2.45) is 0 Å². The summed E-state index contributed by atoms with van der Waals surface area (Å²) in [5.41, 5.74) is -1.42. The quantitative estimate of drug-likeness (QED) is 0.665. The van der Waals surface area contributed by atoms with Crippen LogP contribution in [0.1, 0.15) is 17.4 Å². The first-order valence-corrected chi connectivity index (χ1v) is 9.23. The fourth-order valence-electron chi connectivity index (χ4n) is 2.36. The predicted molar refractivity (Wildman–Crippen MR) is 86.3 cm³/mol. The Morgan fingerprint density at radius 2 is 2.09 bits per heavy atom. The molecule has 0 fully saturated rings. The molecule has 1 aromatic carbocycles. The summed E-state index contributed by atoms with van der Waals surface area (Å²) in [4.78, 5) is 13.3. The predicted octanol–water partition coefficient (Wildman–Crippen LogP) is 1.85. The van der Waals surface area contributed by atoms with E-state index in [1.807, 2.05) is 11.4 Å². The standard InChI is InChI=1S/C16H13NO4S2/c1-2-21-15(18)16(10-9-12-6-5-11-22-12)13-7-3-4-8-14(13)23(19,20)17-16/h3-8,11,17H,2H2,1H3/t16-/m1/s1. The van der Waals surface area contributed by atoms with Crippen molar-refractivity contribution in [2.75, 3.05) is 6.61 Å². The molecule has 7 heteroatoms. The number of fused-ring (bicyclic) bond motifs is 1. The number of sulfonamides is 1. The lowest BCUT2D eigenvalue weighted by Gasteiger charge is -2.20. The summed E-state index contributed by atoms with van der Waals surface area (Å²) < 4.78 is 32.2. The van der Waals surface area contributed by atoms with Crippen molar-refractivity contribution in [2.45, 2.75) is 17.4 Å². The third kappa shape index (κ3) is 2.65. The monoisotopic (exact) mass is 347 g/mol. The lowest BCUT2D eigenvalue weighted by atomic mass is 9.91. The molecular weight excluding hydrogens is 334 g/mol. The SMILES string of the molecule is CCOC(=O)[C@]1(C#Cc2cccs2)NS(=O)(=O)c2ccccc21. The Kier molecular flexibility index (Phi) is 3.98. The molecule has 23 heavy (non-hydrogen) atoms. The Bertz CT molecular complexity index is 907. The Hall–Kier alpha value is -2.14. The van der Waals surface area contributed by atoms with E-state index >= 15 is 0 Å². The van der Waals surface area contributed by atoms with Gasteiger partial charge in [-0.05, 0) is 24.4 Å². The van der Waals surface area contributed by atoms with Gasteiger partial charge in [0.2, 0.25) is 15.6 Å². The van der Waals surface area contributed by atoms with E-state index in [0.717, 1.165) is 4.88 Å². The van der Waals surface area contributed by atoms with Crippen LogP contribution in [0.15, 0.2) is 46.7 Å². The van der Waals surface area contributed by atoms with Crippen molar-refractivity contribution in [1.29, 1.82) is 0 Å². The van der Waals surface area contributed by atoms with Crippen LogP contribution < -0.4 is 4.72 Å². The average molecular weight is 347 g/mol. The molecule has 1 N–H and O–H groups in total. The minimum Gasteiger partial charge on any atom is -0.464 e. The van der Waals surface area contributed by atoms with E-state index < -0.39 is 21.5 Å². The summed E-state index contributed by atoms with van der Waals surface area (Å²) in [5, 5.41) is 1.85. The van der Waals surface area contributed by atoms with E-state index in [1.165, 1.54) is 17.4 Å². The second-order valence-electron chi connectivity index (χ2n) is 4.80. The van der Waals surface area contributed by atoms with E-state index in [9.17, 15) is 13.2 Å². The Labute approximate surface area is 138 Å². The highest BCUT2D eigenvalue weighted by Crippen LogP contribution is 2.36. The van der Waals surface area contributed by atoms with Gasteiger partial charge >= 0.3 is 5.97 Å². The second-order valence-corrected chi connectivity index (χ2v) is 7.40. The molecule has 118 valence electrons. The molecule has 1 atom stereocenters. The second kappa shape index (κ2) is 5.81. The smallest absolute Gasteiger partial charge is 0.344 e. The van der Waals surface area contributed by atoms with Gasteiger partial charge in [0.25, 0.3) is 0 Å². The van der Waals surface area contributed by atoms with Crippen molar-refractivity contribution >= 4 is 27.3 Å². The molecule has 0 amide bonds. The molecule has 2 heterocycles. The molecule has 0 saturated carbocycles. The molecule has 5 nitrogen and oxygen atoms in total. The van der Waals surface area contributed by atoms with E-state index in [2.05, 4.69) is 16.6 Å². The largest absolute Gasteiger partial charge is 0.464 e. The molecule has 1 aliphatic rings. The molecular formula is C16H13NO4S2.